The average Bonchev–Trinajstić information content (AvgIpc) is 2.38. The van der Waals surface area contributed by atoms with Crippen molar-refractivity contribution in [1.29, 1.82) is 0 Å². The Morgan fingerprint density at radius 2 is 2.11 bits per heavy atom. The van der Waals surface area contributed by atoms with E-state index < -0.39 is 0 Å². The van der Waals surface area contributed by atoms with Gasteiger partial charge in [-0.25, -0.2) is 4.98 Å². The normalized spacial score (nSPS) is 10.6. The second-order valence-corrected chi connectivity index (χ2v) is 4.44. The van der Waals surface area contributed by atoms with Crippen molar-refractivity contribution in [2.75, 3.05) is 5.32 Å². The van der Waals surface area contributed by atoms with E-state index in [-0.39, 0.29) is 17.3 Å². The summed E-state index contributed by atoms with van der Waals surface area (Å²) in [4.78, 5) is 27.7. The van der Waals surface area contributed by atoms with Crippen molar-refractivity contribution in [1.82, 2.24) is 9.55 Å². The van der Waals surface area contributed by atoms with E-state index in [2.05, 4.69) is 17.2 Å². The van der Waals surface area contributed by atoms with E-state index in [0.29, 0.717) is 12.1 Å². The minimum Gasteiger partial charge on any atom is -0.306 e. The molecule has 0 saturated heterocycles. The summed E-state index contributed by atoms with van der Waals surface area (Å²) in [5.41, 5.74) is 1.26. The molecule has 2 aromatic rings. The number of aromatic nitrogens is 2. The Bertz CT molecular complexity index is 661. The van der Waals surface area contributed by atoms with Crippen LogP contribution in [-0.4, -0.2) is 15.5 Å². The maximum atomic E-state index is 12.3. The number of unbranched alkanes of at least 4 members (excludes halogenated alkanes) is 1. The lowest BCUT2D eigenvalue weighted by atomic mass is 10.2. The Morgan fingerprint density at radius 3 is 2.79 bits per heavy atom. The number of aryl methyl sites for hydroxylation is 1. The molecule has 100 valence electrons. The number of carbonyl (C=O) groups excluding carboxylic acids is 1. The summed E-state index contributed by atoms with van der Waals surface area (Å²) in [7, 11) is 0. The van der Waals surface area contributed by atoms with Crippen LogP contribution in [-0.2, 0) is 11.3 Å². The van der Waals surface area contributed by atoms with E-state index in [0.717, 1.165) is 18.4 Å². The van der Waals surface area contributed by atoms with E-state index in [9.17, 15) is 9.59 Å². The Labute approximate surface area is 111 Å². The molecule has 0 bridgehead atoms. The van der Waals surface area contributed by atoms with Crippen molar-refractivity contribution in [3.8, 4) is 0 Å². The highest BCUT2D eigenvalue weighted by Gasteiger charge is 2.11. The molecule has 2 rings (SSSR count). The van der Waals surface area contributed by atoms with Gasteiger partial charge in [-0.3, -0.25) is 9.59 Å². The van der Waals surface area contributed by atoms with Crippen LogP contribution in [0, 0.1) is 0 Å². The second kappa shape index (κ2) is 5.65. The van der Waals surface area contributed by atoms with Crippen molar-refractivity contribution in [2.24, 2.45) is 0 Å². The molecule has 0 atom stereocenters. The molecule has 1 amide bonds. The number of nitrogens with zero attached hydrogens (tertiary/aromatic N) is 2. The van der Waals surface area contributed by atoms with Gasteiger partial charge in [-0.15, -0.1) is 0 Å². The molecule has 0 fully saturated rings. The third-order valence-electron chi connectivity index (χ3n) is 2.88. The van der Waals surface area contributed by atoms with Crippen LogP contribution >= 0.6 is 0 Å². The predicted octanol–water partition coefficient (Wildman–Crippen LogP) is 2.16. The maximum Gasteiger partial charge on any atom is 0.294 e. The monoisotopic (exact) mass is 259 g/mol. The van der Waals surface area contributed by atoms with Crippen molar-refractivity contribution < 1.29 is 4.79 Å². The molecule has 1 aromatic heterocycles. The highest BCUT2D eigenvalue weighted by Crippen LogP contribution is 2.12. The van der Waals surface area contributed by atoms with Gasteiger partial charge < -0.3 is 9.88 Å². The van der Waals surface area contributed by atoms with E-state index in [1.165, 1.54) is 6.92 Å². The molecule has 0 radical (unpaired) electrons. The van der Waals surface area contributed by atoms with Crippen molar-refractivity contribution >= 4 is 22.8 Å². The van der Waals surface area contributed by atoms with Crippen molar-refractivity contribution in [3.05, 3.63) is 34.6 Å². The molecule has 0 aliphatic heterocycles. The van der Waals surface area contributed by atoms with Gasteiger partial charge in [0, 0.05) is 13.5 Å². The number of rotatable bonds is 4. The molecule has 0 unspecified atom stereocenters. The van der Waals surface area contributed by atoms with Crippen LogP contribution in [0.15, 0.2) is 29.1 Å². The molecule has 1 aromatic carbocycles. The topological polar surface area (TPSA) is 64.0 Å². The van der Waals surface area contributed by atoms with Gasteiger partial charge >= 0.3 is 0 Å². The van der Waals surface area contributed by atoms with Gasteiger partial charge in [0.25, 0.3) is 5.56 Å². The Kier molecular flexibility index (Phi) is 3.94. The lowest BCUT2D eigenvalue weighted by molar-refractivity contribution is -0.114. The van der Waals surface area contributed by atoms with E-state index in [1.807, 2.05) is 24.3 Å². The first kappa shape index (κ1) is 13.3. The summed E-state index contributed by atoms with van der Waals surface area (Å²) in [5.74, 6) is -0.191. The quantitative estimate of drug-likeness (QED) is 0.915. The van der Waals surface area contributed by atoms with E-state index in [1.54, 1.807) is 4.57 Å². The highest BCUT2D eigenvalue weighted by atomic mass is 16.2. The average molecular weight is 259 g/mol. The number of hydrogen-bond donors (Lipinski definition) is 1. The van der Waals surface area contributed by atoms with Gasteiger partial charge in [0.05, 0.1) is 11.0 Å². The summed E-state index contributed by atoms with van der Waals surface area (Å²) in [6, 6.07) is 7.45. The van der Waals surface area contributed by atoms with Crippen LogP contribution in [0.1, 0.15) is 26.7 Å². The zero-order valence-corrected chi connectivity index (χ0v) is 11.1. The highest BCUT2D eigenvalue weighted by molar-refractivity contribution is 5.88. The van der Waals surface area contributed by atoms with Crippen LogP contribution in [0.3, 0.4) is 0 Å². The minimum atomic E-state index is -0.290. The molecule has 0 aliphatic carbocycles. The molecular weight excluding hydrogens is 242 g/mol. The lowest BCUT2D eigenvalue weighted by Crippen LogP contribution is -2.27. The molecule has 1 heterocycles. The van der Waals surface area contributed by atoms with Crippen molar-refractivity contribution in [2.45, 2.75) is 33.2 Å². The zero-order valence-electron chi connectivity index (χ0n) is 11.1. The van der Waals surface area contributed by atoms with Crippen LogP contribution in [0.4, 0.5) is 5.82 Å². The van der Waals surface area contributed by atoms with Crippen LogP contribution in [0.25, 0.3) is 11.0 Å². The fourth-order valence-electron chi connectivity index (χ4n) is 1.98. The second-order valence-electron chi connectivity index (χ2n) is 4.44. The third-order valence-corrected chi connectivity index (χ3v) is 2.88. The van der Waals surface area contributed by atoms with Gasteiger partial charge in [0.2, 0.25) is 5.91 Å². The first-order valence-electron chi connectivity index (χ1n) is 6.40. The minimum absolute atomic E-state index is 0.0994. The molecule has 1 N–H and O–H groups in total. The van der Waals surface area contributed by atoms with Gasteiger partial charge in [-0.2, -0.15) is 0 Å². The molecule has 5 heteroatoms. The van der Waals surface area contributed by atoms with Gasteiger partial charge in [-0.05, 0) is 18.6 Å². The number of amides is 1. The molecule has 0 saturated carbocycles. The predicted molar refractivity (Wildman–Crippen MR) is 75.2 cm³/mol. The zero-order chi connectivity index (χ0) is 13.8. The number of benzene rings is 1. The Hall–Kier alpha value is -2.17. The number of nitrogens with one attached hydrogen (secondary N) is 1. The summed E-state index contributed by atoms with van der Waals surface area (Å²) in [5, 5.41) is 2.50. The molecule has 19 heavy (non-hydrogen) atoms. The van der Waals surface area contributed by atoms with Gasteiger partial charge in [-0.1, -0.05) is 25.5 Å². The third kappa shape index (κ3) is 2.81. The molecule has 0 aliphatic rings. The summed E-state index contributed by atoms with van der Waals surface area (Å²) >= 11 is 0. The number of fused-ring (bicyclic) bond motifs is 1. The van der Waals surface area contributed by atoms with Crippen molar-refractivity contribution in [3.63, 3.8) is 0 Å². The first-order valence-corrected chi connectivity index (χ1v) is 6.40. The van der Waals surface area contributed by atoms with Crippen LogP contribution in [0.2, 0.25) is 0 Å². The fraction of sp³-hybridized carbons (Fsp3) is 0.357. The Morgan fingerprint density at radius 1 is 1.37 bits per heavy atom. The Balaban J connectivity index is 2.62. The number of anilines is 1. The fourth-order valence-corrected chi connectivity index (χ4v) is 1.98. The summed E-state index contributed by atoms with van der Waals surface area (Å²) in [6.07, 6.45) is 1.91. The smallest absolute Gasteiger partial charge is 0.294 e. The number of para-hydroxylation sites is 2. The first-order chi connectivity index (χ1) is 9.13. The van der Waals surface area contributed by atoms with Crippen LogP contribution in [0.5, 0.6) is 0 Å². The molecule has 5 nitrogen and oxygen atoms in total. The number of carbonyl (C=O) groups is 1. The SMILES string of the molecule is CCCCn1c(=O)c(NC(C)=O)nc2ccccc21. The molecule has 0 spiro atoms. The standard InChI is InChI=1S/C14H17N3O2/c1-3-4-9-17-12-8-6-5-7-11(12)16-13(14(17)19)15-10(2)18/h5-8H,3-4,9H2,1-2H3,(H,15,16,18). The lowest BCUT2D eigenvalue weighted by Gasteiger charge is -2.11. The molecular formula is C14H17N3O2. The van der Waals surface area contributed by atoms with E-state index in [4.69, 9.17) is 0 Å². The summed E-state index contributed by atoms with van der Waals surface area (Å²) in [6.45, 7) is 4.07. The maximum absolute atomic E-state index is 12.3. The van der Waals surface area contributed by atoms with Crippen LogP contribution < -0.4 is 10.9 Å². The van der Waals surface area contributed by atoms with Gasteiger partial charge in [0.15, 0.2) is 5.82 Å². The number of hydrogen-bond acceptors (Lipinski definition) is 3. The van der Waals surface area contributed by atoms with Gasteiger partial charge in [0.1, 0.15) is 0 Å². The van der Waals surface area contributed by atoms with E-state index >= 15 is 0 Å². The largest absolute Gasteiger partial charge is 0.306 e. The summed E-state index contributed by atoms with van der Waals surface area (Å²) < 4.78 is 1.68.